The summed E-state index contributed by atoms with van der Waals surface area (Å²) in [7, 11) is 1.65. The van der Waals surface area contributed by atoms with Crippen LogP contribution in [0.4, 0.5) is 11.8 Å². The fourth-order valence-electron chi connectivity index (χ4n) is 3.88. The summed E-state index contributed by atoms with van der Waals surface area (Å²) in [6.07, 6.45) is 3.80. The first-order valence-electron chi connectivity index (χ1n) is 9.93. The molecule has 4 aromatic heterocycles. The number of carbonyl (C=O) groups is 1. The predicted molar refractivity (Wildman–Crippen MR) is 120 cm³/mol. The van der Waals surface area contributed by atoms with E-state index in [2.05, 4.69) is 30.5 Å². The van der Waals surface area contributed by atoms with Crippen LogP contribution in [-0.4, -0.2) is 53.2 Å². The molecule has 0 aromatic carbocycles. The fourth-order valence-corrected chi connectivity index (χ4v) is 5.02. The van der Waals surface area contributed by atoms with Crippen molar-refractivity contribution in [3.8, 4) is 5.75 Å². The van der Waals surface area contributed by atoms with Crippen molar-refractivity contribution >= 4 is 40.5 Å². The van der Waals surface area contributed by atoms with Crippen LogP contribution in [0.2, 0.25) is 0 Å². The highest BCUT2D eigenvalue weighted by Gasteiger charge is 2.32. The van der Waals surface area contributed by atoms with Gasteiger partial charge in [0.15, 0.2) is 5.65 Å². The van der Waals surface area contributed by atoms with Crippen LogP contribution < -0.4 is 15.8 Å². The molecule has 1 unspecified atom stereocenters. The van der Waals surface area contributed by atoms with Gasteiger partial charge in [0.2, 0.25) is 11.9 Å². The van der Waals surface area contributed by atoms with Gasteiger partial charge in [0.1, 0.15) is 16.6 Å². The third-order valence-electron chi connectivity index (χ3n) is 5.38. The molecular formula is C20H21N9O2S. The number of H-pyrrole nitrogens is 1. The molecule has 5 heterocycles. The van der Waals surface area contributed by atoms with Crippen LogP contribution in [0, 0.1) is 13.8 Å². The van der Waals surface area contributed by atoms with E-state index in [1.165, 1.54) is 11.8 Å². The van der Waals surface area contributed by atoms with E-state index in [1.54, 1.807) is 30.3 Å². The molecule has 0 saturated heterocycles. The number of methoxy groups -OCH3 is 1. The van der Waals surface area contributed by atoms with Gasteiger partial charge in [-0.1, -0.05) is 11.8 Å². The quantitative estimate of drug-likeness (QED) is 0.386. The van der Waals surface area contributed by atoms with Crippen LogP contribution >= 0.6 is 11.8 Å². The normalized spacial score (nSPS) is 15.2. The summed E-state index contributed by atoms with van der Waals surface area (Å²) >= 11 is 1.36. The van der Waals surface area contributed by atoms with E-state index in [-0.39, 0.29) is 11.9 Å². The van der Waals surface area contributed by atoms with Crippen LogP contribution in [0.5, 0.6) is 5.75 Å². The van der Waals surface area contributed by atoms with Crippen LogP contribution in [0.1, 0.15) is 22.5 Å². The molecule has 0 spiro atoms. The first kappa shape index (κ1) is 20.2. The Hall–Kier alpha value is -3.67. The number of nitrogens with one attached hydrogen (secondary N) is 2. The van der Waals surface area contributed by atoms with Crippen molar-refractivity contribution in [3.63, 3.8) is 0 Å². The second kappa shape index (κ2) is 7.79. The molecule has 5 rings (SSSR count). The van der Waals surface area contributed by atoms with E-state index in [4.69, 9.17) is 15.6 Å². The van der Waals surface area contributed by atoms with Gasteiger partial charge in [0.25, 0.3) is 0 Å². The summed E-state index contributed by atoms with van der Waals surface area (Å²) in [5, 5.41) is 15.2. The van der Waals surface area contributed by atoms with E-state index < -0.39 is 5.25 Å². The van der Waals surface area contributed by atoms with Crippen LogP contribution in [-0.2, 0) is 17.8 Å². The Kier molecular flexibility index (Phi) is 4.93. The van der Waals surface area contributed by atoms with Gasteiger partial charge in [-0.3, -0.25) is 14.9 Å². The maximum absolute atomic E-state index is 12.8. The number of thioether (sulfide) groups is 1. The minimum Gasteiger partial charge on any atom is -0.496 e. The number of rotatable bonds is 5. The number of pyridine rings is 1. The molecule has 11 nitrogen and oxygen atoms in total. The molecule has 1 aliphatic rings. The molecule has 0 saturated carbocycles. The van der Waals surface area contributed by atoms with Gasteiger partial charge in [0, 0.05) is 29.8 Å². The molecule has 4 N–H and O–H groups in total. The minimum atomic E-state index is -0.411. The van der Waals surface area contributed by atoms with Gasteiger partial charge in [-0.25, -0.2) is 9.67 Å². The van der Waals surface area contributed by atoms with Crippen molar-refractivity contribution in [2.45, 2.75) is 37.1 Å². The van der Waals surface area contributed by atoms with E-state index in [0.29, 0.717) is 29.5 Å². The standard InChI is InChI=1S/C20H21N9O2S/c1-9-7-22-12(10(2)16(9)31-3)8-29-17-15-11(28-29)6-13(32-19(15)26-20(21)25-17)18(30)24-14-4-5-23-27-14/h4-5,7,13H,6,8H2,1-3H3,(H2,21,25,26)(H2,23,24,27,30). The Morgan fingerprint density at radius 3 is 3.00 bits per heavy atom. The minimum absolute atomic E-state index is 0.133. The van der Waals surface area contributed by atoms with E-state index in [1.807, 2.05) is 13.8 Å². The lowest BCUT2D eigenvalue weighted by Gasteiger charge is -2.19. The Bertz CT molecular complexity index is 1330. The smallest absolute Gasteiger partial charge is 0.239 e. The number of hydrogen-bond acceptors (Lipinski definition) is 9. The highest BCUT2D eigenvalue weighted by Crippen LogP contribution is 2.39. The maximum Gasteiger partial charge on any atom is 0.239 e. The third kappa shape index (κ3) is 3.42. The van der Waals surface area contributed by atoms with Crippen molar-refractivity contribution in [2.24, 2.45) is 0 Å². The molecular weight excluding hydrogens is 430 g/mol. The third-order valence-corrected chi connectivity index (χ3v) is 6.57. The summed E-state index contributed by atoms with van der Waals surface area (Å²) in [6.45, 7) is 4.32. The predicted octanol–water partition coefficient (Wildman–Crippen LogP) is 1.86. The molecule has 1 aliphatic heterocycles. The average Bonchev–Trinajstić information content (AvgIpc) is 3.39. The molecule has 0 aliphatic carbocycles. The lowest BCUT2D eigenvalue weighted by atomic mass is 10.1. The molecule has 4 aromatic rings. The first-order valence-corrected chi connectivity index (χ1v) is 10.8. The van der Waals surface area contributed by atoms with E-state index >= 15 is 0 Å². The average molecular weight is 452 g/mol. The summed E-state index contributed by atoms with van der Waals surface area (Å²) < 4.78 is 7.30. The van der Waals surface area contributed by atoms with Gasteiger partial charge in [-0.05, 0) is 13.8 Å². The number of hydrogen-bond donors (Lipinski definition) is 3. The molecule has 0 fully saturated rings. The van der Waals surface area contributed by atoms with Gasteiger partial charge < -0.3 is 15.8 Å². The number of nitrogens with zero attached hydrogens (tertiary/aromatic N) is 6. The largest absolute Gasteiger partial charge is 0.496 e. The second-order valence-corrected chi connectivity index (χ2v) is 8.70. The zero-order valence-electron chi connectivity index (χ0n) is 17.7. The fraction of sp³-hybridized carbons (Fsp3) is 0.300. The number of aromatic amines is 1. The topological polar surface area (TPSA) is 150 Å². The summed E-state index contributed by atoms with van der Waals surface area (Å²) in [5.74, 6) is 1.31. The number of aromatic nitrogens is 7. The molecule has 0 radical (unpaired) electrons. The van der Waals surface area contributed by atoms with Crippen LogP contribution in [0.15, 0.2) is 23.5 Å². The molecule has 1 atom stereocenters. The second-order valence-electron chi connectivity index (χ2n) is 7.51. The van der Waals surface area contributed by atoms with Crippen molar-refractivity contribution < 1.29 is 9.53 Å². The number of carbonyl (C=O) groups excluding carboxylic acids is 1. The lowest BCUT2D eigenvalue weighted by Crippen LogP contribution is -2.29. The molecule has 1 amide bonds. The maximum atomic E-state index is 12.8. The number of ether oxygens (including phenoxy) is 1. The number of nitrogen functional groups attached to an aromatic ring is 1. The molecule has 12 heteroatoms. The van der Waals surface area contributed by atoms with Crippen molar-refractivity contribution in [3.05, 3.63) is 41.0 Å². The summed E-state index contributed by atoms with van der Waals surface area (Å²) in [5.41, 5.74) is 10.1. The van der Waals surface area contributed by atoms with Gasteiger partial charge in [-0.2, -0.15) is 15.2 Å². The SMILES string of the molecule is COc1c(C)cnc(Cn2nc3c4c(nc(N)nc42)SC(C(=O)Nc2ccn[nH]2)C3)c1C. The lowest BCUT2D eigenvalue weighted by molar-refractivity contribution is -0.115. The summed E-state index contributed by atoms with van der Waals surface area (Å²) in [4.78, 5) is 26.2. The highest BCUT2D eigenvalue weighted by atomic mass is 32.2. The molecule has 0 bridgehead atoms. The Labute approximate surface area is 187 Å². The molecule has 164 valence electrons. The Morgan fingerprint density at radius 2 is 2.25 bits per heavy atom. The van der Waals surface area contributed by atoms with Crippen molar-refractivity contribution in [1.82, 2.24) is 34.9 Å². The summed E-state index contributed by atoms with van der Waals surface area (Å²) in [6, 6.07) is 1.69. The molecule has 32 heavy (non-hydrogen) atoms. The Morgan fingerprint density at radius 1 is 1.41 bits per heavy atom. The van der Waals surface area contributed by atoms with Gasteiger partial charge in [0.05, 0.1) is 41.9 Å². The highest BCUT2D eigenvalue weighted by molar-refractivity contribution is 8.00. The van der Waals surface area contributed by atoms with E-state index in [9.17, 15) is 4.79 Å². The first-order chi connectivity index (χ1) is 15.4. The monoisotopic (exact) mass is 451 g/mol. The number of amides is 1. The number of aryl methyl sites for hydroxylation is 1. The zero-order chi connectivity index (χ0) is 22.4. The van der Waals surface area contributed by atoms with Crippen molar-refractivity contribution in [2.75, 3.05) is 18.2 Å². The van der Waals surface area contributed by atoms with E-state index in [0.717, 1.165) is 33.7 Å². The van der Waals surface area contributed by atoms with Gasteiger partial charge in [-0.15, -0.1) is 0 Å². The Balaban J connectivity index is 1.51. The number of nitrogens with two attached hydrogens (primary N) is 1. The number of anilines is 2. The zero-order valence-corrected chi connectivity index (χ0v) is 18.5. The van der Waals surface area contributed by atoms with Crippen LogP contribution in [0.3, 0.4) is 0 Å². The van der Waals surface area contributed by atoms with Crippen molar-refractivity contribution in [1.29, 1.82) is 0 Å². The van der Waals surface area contributed by atoms with Crippen LogP contribution in [0.25, 0.3) is 11.0 Å². The van der Waals surface area contributed by atoms with Gasteiger partial charge >= 0.3 is 0 Å².